The number of hydrogen-bond donors (Lipinski definition) is 2. The van der Waals surface area contributed by atoms with E-state index in [0.717, 1.165) is 11.8 Å². The molecule has 0 aliphatic rings. The van der Waals surface area contributed by atoms with Crippen LogP contribution in [0.2, 0.25) is 0 Å². The first-order valence-corrected chi connectivity index (χ1v) is 4.95. The van der Waals surface area contributed by atoms with Crippen molar-refractivity contribution in [3.05, 3.63) is 5.82 Å². The predicted octanol–water partition coefficient (Wildman–Crippen LogP) is 0.170. The number of hydrogen-bond acceptors (Lipinski definition) is 5. The van der Waals surface area contributed by atoms with E-state index in [9.17, 15) is 4.79 Å². The fraction of sp³-hybridized carbons (Fsp3) is 0.571. The van der Waals surface area contributed by atoms with Gasteiger partial charge in [-0.05, 0) is 0 Å². The highest BCUT2D eigenvalue weighted by atomic mass is 32.2. The van der Waals surface area contributed by atoms with E-state index in [4.69, 9.17) is 9.84 Å². The van der Waals surface area contributed by atoms with Crippen LogP contribution < -0.4 is 0 Å². The smallest absolute Gasteiger partial charge is 0.313 e. The van der Waals surface area contributed by atoms with E-state index >= 15 is 0 Å². The van der Waals surface area contributed by atoms with Gasteiger partial charge in [-0.25, -0.2) is 4.98 Å². The lowest BCUT2D eigenvalue weighted by Crippen LogP contribution is -1.98. The van der Waals surface area contributed by atoms with Crippen molar-refractivity contribution in [3.8, 4) is 0 Å². The highest BCUT2D eigenvalue weighted by molar-refractivity contribution is 7.99. The molecule has 0 spiro atoms. The Labute approximate surface area is 85.1 Å². The minimum Gasteiger partial charge on any atom is -0.481 e. The topological polar surface area (TPSA) is 88.1 Å². The lowest BCUT2D eigenvalue weighted by atomic mass is 10.4. The van der Waals surface area contributed by atoms with Crippen LogP contribution in [-0.2, 0) is 16.0 Å². The molecule has 1 aromatic rings. The number of aromatic amines is 1. The summed E-state index contributed by atoms with van der Waals surface area (Å²) in [5.41, 5.74) is 0. The molecular formula is C7H11N3O3S. The summed E-state index contributed by atoms with van der Waals surface area (Å²) in [5.74, 6) is -0.195. The molecule has 0 fully saturated rings. The molecule has 1 aromatic heterocycles. The van der Waals surface area contributed by atoms with Gasteiger partial charge in [0.25, 0.3) is 0 Å². The molecule has 14 heavy (non-hydrogen) atoms. The third kappa shape index (κ3) is 3.75. The van der Waals surface area contributed by atoms with E-state index in [0.29, 0.717) is 24.0 Å². The third-order valence-electron chi connectivity index (χ3n) is 1.38. The van der Waals surface area contributed by atoms with Gasteiger partial charge < -0.3 is 9.84 Å². The lowest BCUT2D eigenvalue weighted by Gasteiger charge is -1.92. The fourth-order valence-electron chi connectivity index (χ4n) is 0.779. The predicted molar refractivity (Wildman–Crippen MR) is 50.3 cm³/mol. The maximum Gasteiger partial charge on any atom is 0.313 e. The van der Waals surface area contributed by atoms with Crippen molar-refractivity contribution in [1.82, 2.24) is 15.2 Å². The number of carbonyl (C=O) groups is 1. The molecule has 1 rings (SSSR count). The van der Waals surface area contributed by atoms with Crippen LogP contribution in [0.15, 0.2) is 5.16 Å². The average molecular weight is 217 g/mol. The number of aliphatic carboxylic acids is 1. The number of methoxy groups -OCH3 is 1. The Morgan fingerprint density at radius 2 is 2.50 bits per heavy atom. The SMILES string of the molecule is COCCc1nc(SCC(=O)O)n[nH]1. The zero-order chi connectivity index (χ0) is 10.4. The van der Waals surface area contributed by atoms with Gasteiger partial charge in [0.15, 0.2) is 0 Å². The summed E-state index contributed by atoms with van der Waals surface area (Å²) in [6.45, 7) is 0.568. The van der Waals surface area contributed by atoms with Crippen LogP contribution in [-0.4, -0.2) is 45.7 Å². The molecule has 78 valence electrons. The van der Waals surface area contributed by atoms with Crippen molar-refractivity contribution >= 4 is 17.7 Å². The number of carboxylic acids is 1. The van der Waals surface area contributed by atoms with Crippen LogP contribution in [0.25, 0.3) is 0 Å². The van der Waals surface area contributed by atoms with E-state index < -0.39 is 5.97 Å². The number of ether oxygens (including phenoxy) is 1. The first-order chi connectivity index (χ1) is 6.72. The quantitative estimate of drug-likeness (QED) is 0.660. The Hall–Kier alpha value is -1.08. The van der Waals surface area contributed by atoms with Crippen LogP contribution in [0, 0.1) is 0 Å². The van der Waals surface area contributed by atoms with Gasteiger partial charge in [-0.2, -0.15) is 0 Å². The second-order valence-electron chi connectivity index (χ2n) is 2.49. The Balaban J connectivity index is 2.38. The highest BCUT2D eigenvalue weighted by Crippen LogP contribution is 2.11. The van der Waals surface area contributed by atoms with Crippen molar-refractivity contribution < 1.29 is 14.6 Å². The minimum atomic E-state index is -0.877. The molecule has 0 amide bonds. The second-order valence-corrected chi connectivity index (χ2v) is 3.43. The Kier molecular flexibility index (Phi) is 4.41. The van der Waals surface area contributed by atoms with E-state index in [2.05, 4.69) is 15.2 Å². The maximum absolute atomic E-state index is 10.2. The molecule has 0 saturated heterocycles. The van der Waals surface area contributed by atoms with Gasteiger partial charge >= 0.3 is 5.97 Å². The summed E-state index contributed by atoms with van der Waals surface area (Å²) in [6, 6.07) is 0. The Morgan fingerprint density at radius 1 is 1.71 bits per heavy atom. The van der Waals surface area contributed by atoms with Gasteiger partial charge in [-0.1, -0.05) is 11.8 Å². The summed E-state index contributed by atoms with van der Waals surface area (Å²) in [4.78, 5) is 14.3. The standard InChI is InChI=1S/C7H11N3O3S/c1-13-3-2-5-8-7(10-9-5)14-4-6(11)12/h2-4H2,1H3,(H,11,12)(H,8,9,10). The molecular weight excluding hydrogens is 206 g/mol. The van der Waals surface area contributed by atoms with Crippen molar-refractivity contribution in [2.24, 2.45) is 0 Å². The number of nitrogens with zero attached hydrogens (tertiary/aromatic N) is 2. The van der Waals surface area contributed by atoms with E-state index in [1.54, 1.807) is 7.11 Å². The molecule has 0 bridgehead atoms. The number of H-pyrrole nitrogens is 1. The summed E-state index contributed by atoms with van der Waals surface area (Å²) in [7, 11) is 1.61. The van der Waals surface area contributed by atoms with Crippen LogP contribution >= 0.6 is 11.8 Å². The van der Waals surface area contributed by atoms with Gasteiger partial charge in [0.05, 0.1) is 12.4 Å². The van der Waals surface area contributed by atoms with E-state index in [-0.39, 0.29) is 5.75 Å². The number of thioether (sulfide) groups is 1. The normalized spacial score (nSPS) is 10.4. The molecule has 0 atom stereocenters. The molecule has 2 N–H and O–H groups in total. The van der Waals surface area contributed by atoms with Gasteiger partial charge in [-0.3, -0.25) is 9.89 Å². The van der Waals surface area contributed by atoms with Gasteiger partial charge in [0, 0.05) is 13.5 Å². The molecule has 0 aliphatic heterocycles. The molecule has 0 unspecified atom stereocenters. The number of nitrogens with one attached hydrogen (secondary N) is 1. The second kappa shape index (κ2) is 5.61. The maximum atomic E-state index is 10.2. The summed E-state index contributed by atoms with van der Waals surface area (Å²) in [5, 5.41) is 15.4. The van der Waals surface area contributed by atoms with Crippen molar-refractivity contribution in [2.75, 3.05) is 19.5 Å². The highest BCUT2D eigenvalue weighted by Gasteiger charge is 2.05. The van der Waals surface area contributed by atoms with Crippen molar-refractivity contribution in [2.45, 2.75) is 11.6 Å². The molecule has 1 heterocycles. The van der Waals surface area contributed by atoms with Crippen molar-refractivity contribution in [3.63, 3.8) is 0 Å². The Morgan fingerprint density at radius 3 is 3.14 bits per heavy atom. The van der Waals surface area contributed by atoms with Crippen molar-refractivity contribution in [1.29, 1.82) is 0 Å². The summed E-state index contributed by atoms with van der Waals surface area (Å²) in [6.07, 6.45) is 0.650. The minimum absolute atomic E-state index is 0.0262. The molecule has 6 nitrogen and oxygen atoms in total. The molecule has 0 aliphatic carbocycles. The largest absolute Gasteiger partial charge is 0.481 e. The van der Waals surface area contributed by atoms with Crippen LogP contribution in [0.4, 0.5) is 0 Å². The number of rotatable bonds is 6. The third-order valence-corrected chi connectivity index (χ3v) is 2.21. The molecule has 7 heteroatoms. The number of aromatic nitrogens is 3. The average Bonchev–Trinajstić information content (AvgIpc) is 2.59. The van der Waals surface area contributed by atoms with Crippen LogP contribution in [0.1, 0.15) is 5.82 Å². The zero-order valence-electron chi connectivity index (χ0n) is 7.69. The molecule has 0 radical (unpaired) electrons. The zero-order valence-corrected chi connectivity index (χ0v) is 8.50. The van der Waals surface area contributed by atoms with Gasteiger partial charge in [0.1, 0.15) is 5.82 Å². The fourth-order valence-corrected chi connectivity index (χ4v) is 1.32. The number of carboxylic acid groups (broad SMARTS) is 1. The lowest BCUT2D eigenvalue weighted by molar-refractivity contribution is -0.133. The summed E-state index contributed by atoms with van der Waals surface area (Å²) < 4.78 is 4.86. The first-order valence-electron chi connectivity index (χ1n) is 3.97. The van der Waals surface area contributed by atoms with E-state index in [1.165, 1.54) is 0 Å². The first kappa shape index (κ1) is 11.0. The van der Waals surface area contributed by atoms with Gasteiger partial charge in [0.2, 0.25) is 5.16 Å². The van der Waals surface area contributed by atoms with E-state index in [1.807, 2.05) is 0 Å². The van der Waals surface area contributed by atoms with Gasteiger partial charge in [-0.15, -0.1) is 5.10 Å². The Bertz CT molecular complexity index is 302. The molecule has 0 saturated carbocycles. The van der Waals surface area contributed by atoms with Crippen LogP contribution in [0.5, 0.6) is 0 Å². The summed E-state index contributed by atoms with van der Waals surface area (Å²) >= 11 is 1.09. The monoisotopic (exact) mass is 217 g/mol. The van der Waals surface area contributed by atoms with Crippen LogP contribution in [0.3, 0.4) is 0 Å². The molecule has 0 aromatic carbocycles.